The Kier molecular flexibility index (Phi) is 13.5. The Morgan fingerprint density at radius 3 is 1.48 bits per heavy atom. The fraction of sp³-hybridized carbons (Fsp3) is 0.349. The molecular weight excluding hydrogens is 899 g/mol. The number of ether oxygens (including phenoxy) is 2. The molecule has 0 unspecified atom stereocenters. The molecule has 0 spiro atoms. The highest BCUT2D eigenvalue weighted by atomic mass is 35.5. The van der Waals surface area contributed by atoms with E-state index in [-0.39, 0.29) is 28.9 Å². The van der Waals surface area contributed by atoms with E-state index < -0.39 is 11.9 Å². The monoisotopic (exact) mass is 936 g/mol. The largest absolute Gasteiger partial charge is 0.433 e. The molecule has 18 heteroatoms. The first-order valence-electron chi connectivity index (χ1n) is 19.3. The fourth-order valence-electron chi connectivity index (χ4n) is 7.53. The van der Waals surface area contributed by atoms with Gasteiger partial charge >= 0.3 is 6.18 Å². The summed E-state index contributed by atoms with van der Waals surface area (Å²) in [6.07, 6.45) is -3.83. The number of pyridine rings is 2. The van der Waals surface area contributed by atoms with Crippen molar-refractivity contribution in [2.45, 2.75) is 32.9 Å². The van der Waals surface area contributed by atoms with Crippen molar-refractivity contribution in [1.82, 2.24) is 28.9 Å². The highest BCUT2D eigenvalue weighted by molar-refractivity contribution is 6.39. The van der Waals surface area contributed by atoms with Crippen LogP contribution in [-0.4, -0.2) is 93.3 Å². The van der Waals surface area contributed by atoms with Crippen molar-refractivity contribution in [3.8, 4) is 0 Å². The van der Waals surface area contributed by atoms with Crippen LogP contribution in [0.4, 0.5) is 13.2 Å². The van der Waals surface area contributed by atoms with Crippen LogP contribution in [0, 0.1) is 13.8 Å². The van der Waals surface area contributed by atoms with Crippen LogP contribution < -0.4 is 0 Å². The van der Waals surface area contributed by atoms with Crippen LogP contribution >= 0.6 is 58.0 Å². The molecule has 2 aliphatic rings. The maximum atomic E-state index is 13.2. The summed E-state index contributed by atoms with van der Waals surface area (Å²) in [5, 5.41) is 3.63. The number of fused-ring (bicyclic) bond motifs is 2. The summed E-state index contributed by atoms with van der Waals surface area (Å²) in [5.74, 6) is -0.307. The van der Waals surface area contributed by atoms with E-state index in [1.807, 2.05) is 24.6 Å². The lowest BCUT2D eigenvalue weighted by Gasteiger charge is -2.27. The number of aromatic nitrogens is 4. The summed E-state index contributed by atoms with van der Waals surface area (Å²) >= 11 is 32.3. The molecule has 0 saturated carbocycles. The van der Waals surface area contributed by atoms with E-state index in [1.165, 1.54) is 0 Å². The second-order valence-corrected chi connectivity index (χ2v) is 16.8. The Hall–Kier alpha value is -4.08. The zero-order valence-corrected chi connectivity index (χ0v) is 37.3. The number of carbonyl (C=O) groups excluding carboxylic acids is 2. The van der Waals surface area contributed by atoms with Crippen LogP contribution in [-0.2, 0) is 42.6 Å². The number of carbonyl (C=O) groups is 2. The van der Waals surface area contributed by atoms with Crippen molar-refractivity contribution >= 4 is 91.9 Å². The molecule has 0 radical (unpaired) electrons. The van der Waals surface area contributed by atoms with Crippen molar-refractivity contribution in [2.75, 3.05) is 52.6 Å². The standard InChI is InChI=1S/C22H20Cl2F3N3O2.C21H20Cl3N3O2/c1-12-9-18(22(25,26)27)28-20-15(12)10-13(29(20)2)11-16-17(23)4-3-14(19(16)24)21(31)30-5-7-32-8-6-30;1-12-9-18(23)25-20-15(12)10-13(26(20)2)11-16-17(22)4-3-14(19(16)24)21(28)27-5-7-29-8-6-27/h3-4,9-10H,5-8,11H2,1-2H3;3-4,9-10H,5-8,11H2,1-2H3. The first kappa shape index (κ1) is 45.0. The summed E-state index contributed by atoms with van der Waals surface area (Å²) in [6.45, 7) is 7.68. The van der Waals surface area contributed by atoms with Crippen molar-refractivity contribution in [3.63, 3.8) is 0 Å². The van der Waals surface area contributed by atoms with Gasteiger partial charge in [-0.15, -0.1) is 0 Å². The predicted octanol–water partition coefficient (Wildman–Crippen LogP) is 10.2. The Labute approximate surface area is 375 Å². The van der Waals surface area contributed by atoms with Gasteiger partial charge in [0, 0.05) is 85.3 Å². The smallest absolute Gasteiger partial charge is 0.378 e. The van der Waals surface area contributed by atoms with Crippen LogP contribution in [0.15, 0.2) is 48.5 Å². The minimum absolute atomic E-state index is 0.0995. The molecular formula is C43H40Cl5F3N6O4. The summed E-state index contributed by atoms with van der Waals surface area (Å²) in [4.78, 5) is 37.6. The average Bonchev–Trinajstić information content (AvgIpc) is 3.73. The maximum absolute atomic E-state index is 13.2. The lowest BCUT2D eigenvalue weighted by molar-refractivity contribution is -0.141. The molecule has 322 valence electrons. The molecule has 2 aliphatic heterocycles. The minimum Gasteiger partial charge on any atom is -0.378 e. The van der Waals surface area contributed by atoms with Gasteiger partial charge in [0.25, 0.3) is 11.8 Å². The third-order valence-electron chi connectivity index (χ3n) is 11.0. The van der Waals surface area contributed by atoms with Crippen LogP contribution in [0.5, 0.6) is 0 Å². The van der Waals surface area contributed by atoms with Crippen molar-refractivity contribution in [2.24, 2.45) is 14.1 Å². The SMILES string of the molecule is Cc1cc(C(F)(F)F)nc2c1cc(Cc1c(Cl)ccc(C(=O)N3CCOCC3)c1Cl)n2C.Cc1cc(Cl)nc2c1cc(Cc1c(Cl)ccc(C(=O)N3CCOCC3)c1Cl)n2C. The Balaban J connectivity index is 0.000000185. The number of rotatable bonds is 6. The van der Waals surface area contributed by atoms with E-state index in [4.69, 9.17) is 67.5 Å². The topological polar surface area (TPSA) is 94.7 Å². The normalized spacial score (nSPS) is 14.8. The molecule has 2 aromatic carbocycles. The van der Waals surface area contributed by atoms with Gasteiger partial charge in [-0.05, 0) is 84.6 Å². The lowest BCUT2D eigenvalue weighted by atomic mass is 10.0. The minimum atomic E-state index is -4.54. The molecule has 4 aromatic heterocycles. The summed E-state index contributed by atoms with van der Waals surface area (Å²) in [6, 6.07) is 13.4. The van der Waals surface area contributed by atoms with Gasteiger partial charge in [-0.25, -0.2) is 9.97 Å². The quantitative estimate of drug-likeness (QED) is 0.154. The summed E-state index contributed by atoms with van der Waals surface area (Å²) in [7, 11) is 3.58. The summed E-state index contributed by atoms with van der Waals surface area (Å²) in [5.41, 5.74) is 5.32. The van der Waals surface area contributed by atoms with E-state index in [0.29, 0.717) is 113 Å². The third-order valence-corrected chi connectivity index (χ3v) is 12.8. The zero-order valence-electron chi connectivity index (χ0n) is 33.5. The number of nitrogens with zero attached hydrogens (tertiary/aromatic N) is 6. The number of amides is 2. The van der Waals surface area contributed by atoms with Gasteiger partial charge in [-0.1, -0.05) is 58.0 Å². The number of hydrogen-bond donors (Lipinski definition) is 0. The number of benzene rings is 2. The van der Waals surface area contributed by atoms with Crippen molar-refractivity contribution < 1.29 is 32.2 Å². The molecule has 6 aromatic rings. The van der Waals surface area contributed by atoms with E-state index in [0.717, 1.165) is 33.9 Å². The van der Waals surface area contributed by atoms with Crippen LogP contribution in [0.3, 0.4) is 0 Å². The highest BCUT2D eigenvalue weighted by Crippen LogP contribution is 2.36. The molecule has 0 aliphatic carbocycles. The van der Waals surface area contributed by atoms with Gasteiger partial charge in [0.05, 0.1) is 47.6 Å². The van der Waals surface area contributed by atoms with Crippen LogP contribution in [0.1, 0.15) is 60.1 Å². The van der Waals surface area contributed by atoms with Crippen LogP contribution in [0.25, 0.3) is 22.1 Å². The van der Waals surface area contributed by atoms with Crippen LogP contribution in [0.2, 0.25) is 25.2 Å². The van der Waals surface area contributed by atoms with Gasteiger partial charge in [-0.2, -0.15) is 13.2 Å². The van der Waals surface area contributed by atoms with Gasteiger partial charge in [0.2, 0.25) is 0 Å². The van der Waals surface area contributed by atoms with E-state index in [9.17, 15) is 22.8 Å². The Morgan fingerprint density at radius 2 is 1.05 bits per heavy atom. The van der Waals surface area contributed by atoms with Gasteiger partial charge < -0.3 is 28.4 Å². The average molecular weight is 939 g/mol. The second kappa shape index (κ2) is 18.3. The first-order valence-corrected chi connectivity index (χ1v) is 21.2. The molecule has 6 heterocycles. The van der Waals surface area contributed by atoms with Crippen molar-refractivity contribution in [1.29, 1.82) is 0 Å². The number of hydrogen-bond acceptors (Lipinski definition) is 6. The molecule has 0 N–H and O–H groups in total. The predicted molar refractivity (Wildman–Crippen MR) is 233 cm³/mol. The number of alkyl halides is 3. The highest BCUT2D eigenvalue weighted by Gasteiger charge is 2.34. The fourth-order valence-corrected chi connectivity index (χ4v) is 8.94. The molecule has 61 heavy (non-hydrogen) atoms. The molecule has 10 nitrogen and oxygen atoms in total. The molecule has 0 bridgehead atoms. The lowest BCUT2D eigenvalue weighted by Crippen LogP contribution is -2.40. The third kappa shape index (κ3) is 9.34. The van der Waals surface area contributed by atoms with E-state index in [1.54, 1.807) is 58.7 Å². The Morgan fingerprint density at radius 1 is 0.639 bits per heavy atom. The number of aryl methyl sites for hydroxylation is 4. The maximum Gasteiger partial charge on any atom is 0.433 e. The molecule has 2 saturated heterocycles. The number of halogens is 8. The van der Waals surface area contributed by atoms with Gasteiger partial charge in [0.1, 0.15) is 22.1 Å². The van der Waals surface area contributed by atoms with Crippen molar-refractivity contribution in [3.05, 3.63) is 124 Å². The second-order valence-electron chi connectivity index (χ2n) is 14.9. The molecule has 0 atom stereocenters. The van der Waals surface area contributed by atoms with E-state index >= 15 is 0 Å². The first-order chi connectivity index (χ1) is 28.9. The van der Waals surface area contributed by atoms with Gasteiger partial charge in [0.15, 0.2) is 0 Å². The van der Waals surface area contributed by atoms with E-state index in [2.05, 4.69) is 16.0 Å². The summed E-state index contributed by atoms with van der Waals surface area (Å²) < 4.78 is 53.8. The van der Waals surface area contributed by atoms with Gasteiger partial charge in [-0.3, -0.25) is 9.59 Å². The Bertz CT molecular complexity index is 2670. The molecule has 2 fully saturated rings. The molecule has 8 rings (SSSR count). The zero-order chi connectivity index (χ0) is 43.9. The number of morpholine rings is 2. The molecule has 2 amide bonds.